The van der Waals surface area contributed by atoms with E-state index in [9.17, 15) is 14.9 Å². The molecule has 0 saturated carbocycles. The fourth-order valence-electron chi connectivity index (χ4n) is 3.75. The Hall–Kier alpha value is -4.46. The van der Waals surface area contributed by atoms with Gasteiger partial charge in [-0.25, -0.2) is 14.8 Å². The van der Waals surface area contributed by atoms with Crippen molar-refractivity contribution in [2.24, 2.45) is 5.10 Å². The first-order valence-electron chi connectivity index (χ1n) is 10.5. The number of anilines is 2. The summed E-state index contributed by atoms with van der Waals surface area (Å²) >= 11 is 12.9. The van der Waals surface area contributed by atoms with E-state index in [-0.39, 0.29) is 38.8 Å². The number of fused-ring (bicyclic) bond motifs is 1. The lowest BCUT2D eigenvalue weighted by Crippen LogP contribution is -2.42. The van der Waals surface area contributed by atoms with Crippen molar-refractivity contribution in [1.29, 1.82) is 5.26 Å². The molecule has 1 N–H and O–H groups in total. The van der Waals surface area contributed by atoms with Gasteiger partial charge in [0.15, 0.2) is 11.5 Å². The maximum Gasteiger partial charge on any atom is 0.347 e. The van der Waals surface area contributed by atoms with E-state index in [2.05, 4.69) is 27.0 Å². The summed E-state index contributed by atoms with van der Waals surface area (Å²) in [5, 5.41) is 16.8. The van der Waals surface area contributed by atoms with E-state index in [0.717, 1.165) is 10.6 Å². The molecule has 12 heteroatoms. The molecule has 0 saturated heterocycles. The normalized spacial score (nSPS) is 15.1. The third-order valence-electron chi connectivity index (χ3n) is 5.44. The second kappa shape index (κ2) is 9.30. The maximum absolute atomic E-state index is 13.0. The van der Waals surface area contributed by atoms with Crippen LogP contribution in [0.3, 0.4) is 0 Å². The number of nitrogens with zero attached hydrogens (tertiary/aromatic N) is 6. The fraction of sp³-hybridized carbons (Fsp3) is 0.0833. The minimum Gasteiger partial charge on any atom is -0.454 e. The van der Waals surface area contributed by atoms with Gasteiger partial charge >= 0.3 is 6.03 Å². The molecule has 10 nitrogen and oxygen atoms in total. The van der Waals surface area contributed by atoms with Gasteiger partial charge in [0.05, 0.1) is 21.4 Å². The molecule has 5 rings (SSSR count). The van der Waals surface area contributed by atoms with Crippen LogP contribution >= 0.6 is 23.2 Å². The number of benzene rings is 2. The molecule has 0 bridgehead atoms. The van der Waals surface area contributed by atoms with Gasteiger partial charge in [0.1, 0.15) is 11.8 Å². The van der Waals surface area contributed by atoms with Crippen LogP contribution in [-0.2, 0) is 6.42 Å². The molecule has 0 aliphatic carbocycles. The highest BCUT2D eigenvalue weighted by molar-refractivity contribution is 6.37. The van der Waals surface area contributed by atoms with Crippen molar-refractivity contribution >= 4 is 52.5 Å². The Labute approximate surface area is 215 Å². The van der Waals surface area contributed by atoms with Gasteiger partial charge in [0, 0.05) is 24.5 Å². The quantitative estimate of drug-likeness (QED) is 0.532. The average Bonchev–Trinajstić information content (AvgIpc) is 2.87. The number of urea groups is 1. The zero-order valence-corrected chi connectivity index (χ0v) is 19.9. The van der Waals surface area contributed by atoms with Crippen molar-refractivity contribution in [2.45, 2.75) is 6.42 Å². The zero-order chi connectivity index (χ0) is 25.4. The summed E-state index contributed by atoms with van der Waals surface area (Å²) in [6, 6.07) is 10.9. The summed E-state index contributed by atoms with van der Waals surface area (Å²) in [4.78, 5) is 35.1. The van der Waals surface area contributed by atoms with Crippen LogP contribution in [0.2, 0.25) is 10.0 Å². The van der Waals surface area contributed by atoms with E-state index < -0.39 is 6.03 Å². The number of hydrazone groups is 1. The molecule has 1 aromatic heterocycles. The SMILES string of the molecule is C=C1NC(=O)N(c2cc(Cl)c(Oc3ccc4c(c3)CCN(c3ncccn3)C4=O)c(Cl)c2)N=C1C#N. The Bertz CT molecular complexity index is 1480. The van der Waals surface area contributed by atoms with Crippen LogP contribution in [0.5, 0.6) is 11.5 Å². The van der Waals surface area contributed by atoms with Crippen molar-refractivity contribution in [3.63, 3.8) is 0 Å². The fourth-order valence-corrected chi connectivity index (χ4v) is 4.30. The molecule has 2 aliphatic rings. The summed E-state index contributed by atoms with van der Waals surface area (Å²) in [6.45, 7) is 4.00. The van der Waals surface area contributed by atoms with Crippen LogP contribution in [0.4, 0.5) is 16.4 Å². The number of carbonyl (C=O) groups excluding carboxylic acids is 2. The van der Waals surface area contributed by atoms with E-state index in [0.29, 0.717) is 30.2 Å². The van der Waals surface area contributed by atoms with Crippen LogP contribution in [0, 0.1) is 11.3 Å². The highest BCUT2D eigenvalue weighted by atomic mass is 35.5. The van der Waals surface area contributed by atoms with Gasteiger partial charge in [-0.05, 0) is 48.4 Å². The molecule has 3 aromatic rings. The lowest BCUT2D eigenvalue weighted by atomic mass is 9.99. The highest BCUT2D eigenvalue weighted by Crippen LogP contribution is 2.41. The molecule has 0 spiro atoms. The number of amides is 3. The van der Waals surface area contributed by atoms with E-state index in [1.165, 1.54) is 17.0 Å². The third kappa shape index (κ3) is 4.22. The molecular weight excluding hydrogens is 505 g/mol. The molecule has 2 aromatic carbocycles. The lowest BCUT2D eigenvalue weighted by Gasteiger charge is -2.27. The molecule has 0 fully saturated rings. The smallest absolute Gasteiger partial charge is 0.347 e. The highest BCUT2D eigenvalue weighted by Gasteiger charge is 2.28. The zero-order valence-electron chi connectivity index (χ0n) is 18.4. The first kappa shape index (κ1) is 23.3. The molecule has 178 valence electrons. The Balaban J connectivity index is 1.40. The second-order valence-electron chi connectivity index (χ2n) is 7.70. The topological polar surface area (TPSA) is 124 Å². The van der Waals surface area contributed by atoms with Gasteiger partial charge in [0.2, 0.25) is 5.95 Å². The lowest BCUT2D eigenvalue weighted by molar-refractivity contribution is 0.0979. The number of nitrogens with one attached hydrogen (secondary N) is 1. The first-order valence-corrected chi connectivity index (χ1v) is 11.3. The summed E-state index contributed by atoms with van der Waals surface area (Å²) in [7, 11) is 0. The minimum absolute atomic E-state index is 0.0526. The third-order valence-corrected chi connectivity index (χ3v) is 6.00. The number of allylic oxidation sites excluding steroid dienone is 1. The Kier molecular flexibility index (Phi) is 6.01. The van der Waals surface area contributed by atoms with E-state index in [1.54, 1.807) is 36.7 Å². The number of nitriles is 1. The standard InChI is InChI=1S/C24H15Cl2N7O3/c1-13-20(12-27)31-33(24(35)30-13)15-10-18(25)21(19(26)11-15)36-16-3-4-17-14(9-16)5-8-32(22(17)34)23-28-6-2-7-29-23/h2-4,6-7,9-11H,1,5,8H2,(H,30,35). The first-order chi connectivity index (χ1) is 17.4. The minimum atomic E-state index is -0.617. The maximum atomic E-state index is 13.0. The van der Waals surface area contributed by atoms with Gasteiger partial charge < -0.3 is 10.1 Å². The predicted octanol–water partition coefficient (Wildman–Crippen LogP) is 4.70. The van der Waals surface area contributed by atoms with Gasteiger partial charge in [0.25, 0.3) is 5.91 Å². The summed E-state index contributed by atoms with van der Waals surface area (Å²) in [6.07, 6.45) is 3.75. The number of hydrogen-bond donors (Lipinski definition) is 1. The largest absolute Gasteiger partial charge is 0.454 e. The van der Waals surface area contributed by atoms with E-state index >= 15 is 0 Å². The number of halogens is 2. The average molecular weight is 520 g/mol. The number of aromatic nitrogens is 2. The van der Waals surface area contributed by atoms with Crippen LogP contribution in [0.25, 0.3) is 0 Å². The van der Waals surface area contributed by atoms with Gasteiger partial charge in [-0.1, -0.05) is 29.8 Å². The van der Waals surface area contributed by atoms with Crippen molar-refractivity contribution < 1.29 is 14.3 Å². The van der Waals surface area contributed by atoms with Crippen LogP contribution in [0.1, 0.15) is 15.9 Å². The van der Waals surface area contributed by atoms with Crippen molar-refractivity contribution in [3.05, 3.63) is 82.2 Å². The Morgan fingerprint density at radius 1 is 1.11 bits per heavy atom. The summed E-state index contributed by atoms with van der Waals surface area (Å²) in [5.74, 6) is 0.744. The van der Waals surface area contributed by atoms with Gasteiger partial charge in [-0.3, -0.25) is 9.69 Å². The molecule has 3 amide bonds. The number of hydrogen-bond acceptors (Lipinski definition) is 7. The van der Waals surface area contributed by atoms with Crippen LogP contribution in [0.15, 0.2) is 66.2 Å². The molecular formula is C24H15Cl2N7O3. The molecule has 2 aliphatic heterocycles. The summed E-state index contributed by atoms with van der Waals surface area (Å²) in [5.41, 5.74) is 1.60. The van der Waals surface area contributed by atoms with Crippen LogP contribution < -0.4 is 20.0 Å². The van der Waals surface area contributed by atoms with Crippen molar-refractivity contribution in [1.82, 2.24) is 15.3 Å². The monoisotopic (exact) mass is 519 g/mol. The van der Waals surface area contributed by atoms with Crippen molar-refractivity contribution in [2.75, 3.05) is 16.5 Å². The van der Waals surface area contributed by atoms with E-state index in [1.807, 2.05) is 6.07 Å². The Morgan fingerprint density at radius 3 is 2.53 bits per heavy atom. The number of ether oxygens (including phenoxy) is 1. The summed E-state index contributed by atoms with van der Waals surface area (Å²) < 4.78 is 5.95. The molecule has 0 atom stereocenters. The molecule has 36 heavy (non-hydrogen) atoms. The van der Waals surface area contributed by atoms with Crippen LogP contribution in [-0.4, -0.2) is 34.2 Å². The van der Waals surface area contributed by atoms with Gasteiger partial charge in [-0.15, -0.1) is 0 Å². The van der Waals surface area contributed by atoms with Gasteiger partial charge in [-0.2, -0.15) is 15.4 Å². The number of rotatable bonds is 4. The second-order valence-corrected chi connectivity index (χ2v) is 8.51. The predicted molar refractivity (Wildman–Crippen MR) is 134 cm³/mol. The number of carbonyl (C=O) groups is 2. The van der Waals surface area contributed by atoms with E-state index in [4.69, 9.17) is 27.9 Å². The Morgan fingerprint density at radius 2 is 1.83 bits per heavy atom. The molecule has 3 heterocycles. The molecule has 0 unspecified atom stereocenters. The molecule has 0 radical (unpaired) electrons. The van der Waals surface area contributed by atoms with Crippen molar-refractivity contribution in [3.8, 4) is 17.6 Å².